The van der Waals surface area contributed by atoms with Crippen molar-refractivity contribution in [3.63, 3.8) is 0 Å². The number of hydrogen-bond acceptors (Lipinski definition) is 3. The van der Waals surface area contributed by atoms with Crippen LogP contribution < -0.4 is 0 Å². The number of carboxylic acid groups (broad SMARTS) is 1. The molecule has 0 aromatic heterocycles. The topological polar surface area (TPSA) is 71.4 Å². The van der Waals surface area contributed by atoms with Gasteiger partial charge in [0.15, 0.2) is 9.84 Å². The Kier molecular flexibility index (Phi) is 2.73. The molecule has 0 unspecified atom stereocenters. The number of aryl methyl sites for hydroxylation is 1. The van der Waals surface area contributed by atoms with Gasteiger partial charge in [-0.25, -0.2) is 8.42 Å². The van der Waals surface area contributed by atoms with Crippen LogP contribution in [-0.2, 0) is 14.6 Å². The molecule has 0 spiro atoms. The van der Waals surface area contributed by atoms with Gasteiger partial charge in [-0.05, 0) is 12.5 Å². The second-order valence-corrected chi connectivity index (χ2v) is 6.80. The molecule has 1 aromatic carbocycles. The Morgan fingerprint density at radius 1 is 1.24 bits per heavy atom. The maximum Gasteiger partial charge on any atom is 0.308 e. The van der Waals surface area contributed by atoms with E-state index in [1.165, 1.54) is 0 Å². The van der Waals surface area contributed by atoms with Crippen LogP contribution >= 0.6 is 0 Å². The highest BCUT2D eigenvalue weighted by Crippen LogP contribution is 2.52. The Bertz CT molecular complexity index is 544. The first kappa shape index (κ1) is 12.1. The summed E-state index contributed by atoms with van der Waals surface area (Å²) in [7, 11) is -3.31. The first-order valence-corrected chi connectivity index (χ1v) is 7.26. The summed E-state index contributed by atoms with van der Waals surface area (Å²) in [6.07, 6.45) is 1.10. The van der Waals surface area contributed by atoms with Crippen LogP contribution in [0.4, 0.5) is 0 Å². The average Bonchev–Trinajstić information content (AvgIpc) is 2.93. The van der Waals surface area contributed by atoms with Gasteiger partial charge < -0.3 is 5.11 Å². The van der Waals surface area contributed by atoms with Gasteiger partial charge in [-0.15, -0.1) is 0 Å². The minimum atomic E-state index is -3.31. The van der Waals surface area contributed by atoms with Gasteiger partial charge in [0.05, 0.1) is 11.2 Å². The fraction of sp³-hybridized carbons (Fsp3) is 0.417. The van der Waals surface area contributed by atoms with Crippen molar-refractivity contribution < 1.29 is 18.3 Å². The highest BCUT2D eigenvalue weighted by molar-refractivity contribution is 7.91. The molecule has 1 aromatic rings. The van der Waals surface area contributed by atoms with E-state index in [0.29, 0.717) is 0 Å². The Morgan fingerprint density at radius 3 is 2.12 bits per heavy atom. The van der Waals surface area contributed by atoms with Crippen LogP contribution in [-0.4, -0.2) is 31.0 Å². The van der Waals surface area contributed by atoms with Crippen LogP contribution in [0.2, 0.25) is 0 Å². The van der Waals surface area contributed by atoms with Crippen molar-refractivity contribution in [2.24, 2.45) is 5.92 Å². The predicted octanol–water partition coefficient (Wildman–Crippen LogP) is 1.21. The fourth-order valence-corrected chi connectivity index (χ4v) is 3.88. The monoisotopic (exact) mass is 254 g/mol. The van der Waals surface area contributed by atoms with Gasteiger partial charge in [0.1, 0.15) is 0 Å². The molecule has 1 aliphatic carbocycles. The normalized spacial score (nSPS) is 27.8. The molecular formula is C12H14O4S. The number of aliphatic carboxylic acids is 1. The quantitative estimate of drug-likeness (QED) is 0.880. The van der Waals surface area contributed by atoms with Gasteiger partial charge in [-0.1, -0.05) is 29.8 Å². The van der Waals surface area contributed by atoms with Gasteiger partial charge in [0, 0.05) is 12.2 Å². The van der Waals surface area contributed by atoms with Crippen LogP contribution in [0.25, 0.3) is 0 Å². The van der Waals surface area contributed by atoms with Crippen molar-refractivity contribution in [1.82, 2.24) is 0 Å². The van der Waals surface area contributed by atoms with E-state index in [2.05, 4.69) is 0 Å². The lowest BCUT2D eigenvalue weighted by Crippen LogP contribution is -2.10. The van der Waals surface area contributed by atoms with Crippen LogP contribution in [0.5, 0.6) is 0 Å². The van der Waals surface area contributed by atoms with Gasteiger partial charge in [-0.3, -0.25) is 4.79 Å². The van der Waals surface area contributed by atoms with Crippen molar-refractivity contribution >= 4 is 15.8 Å². The number of benzene rings is 1. The van der Waals surface area contributed by atoms with Crippen molar-refractivity contribution in [2.45, 2.75) is 18.1 Å². The summed E-state index contributed by atoms with van der Waals surface area (Å²) >= 11 is 0. The molecule has 17 heavy (non-hydrogen) atoms. The maximum atomic E-state index is 11.5. The van der Waals surface area contributed by atoms with E-state index in [1.807, 2.05) is 19.1 Å². The summed E-state index contributed by atoms with van der Waals surface area (Å²) in [5, 5.41) is 8.23. The van der Waals surface area contributed by atoms with Crippen LogP contribution in [0.1, 0.15) is 17.0 Å². The lowest BCUT2D eigenvalue weighted by Gasteiger charge is -1.99. The third-order valence-electron chi connectivity index (χ3n) is 3.20. The molecule has 2 rings (SSSR count). The second-order valence-electron chi connectivity index (χ2n) is 4.59. The van der Waals surface area contributed by atoms with Crippen molar-refractivity contribution in [2.75, 3.05) is 6.26 Å². The van der Waals surface area contributed by atoms with Crippen LogP contribution in [0.3, 0.4) is 0 Å². The van der Waals surface area contributed by atoms with E-state index < -0.39 is 32.9 Å². The molecule has 0 bridgehead atoms. The minimum Gasteiger partial charge on any atom is -0.481 e. The molecule has 0 amide bonds. The number of carbonyl (C=O) groups is 1. The number of rotatable bonds is 3. The molecule has 3 atom stereocenters. The summed E-state index contributed by atoms with van der Waals surface area (Å²) in [4.78, 5) is 11.0. The van der Waals surface area contributed by atoms with E-state index in [4.69, 9.17) is 5.11 Å². The Hall–Kier alpha value is -1.36. The number of carboxylic acids is 1. The minimum absolute atomic E-state index is 0.400. The predicted molar refractivity (Wildman–Crippen MR) is 63.7 cm³/mol. The van der Waals surface area contributed by atoms with Crippen molar-refractivity contribution in [3.05, 3.63) is 35.4 Å². The molecule has 0 aliphatic heterocycles. The zero-order chi connectivity index (χ0) is 12.8. The molecule has 1 fully saturated rings. The van der Waals surface area contributed by atoms with Crippen LogP contribution in [0, 0.1) is 12.8 Å². The van der Waals surface area contributed by atoms with Gasteiger partial charge >= 0.3 is 5.97 Å². The van der Waals surface area contributed by atoms with Gasteiger partial charge in [0.2, 0.25) is 0 Å². The van der Waals surface area contributed by atoms with Gasteiger partial charge in [-0.2, -0.15) is 0 Å². The maximum absolute atomic E-state index is 11.5. The number of sulfone groups is 1. The third-order valence-corrected chi connectivity index (χ3v) is 4.77. The fourth-order valence-electron chi connectivity index (χ4n) is 2.30. The first-order chi connectivity index (χ1) is 7.82. The molecule has 1 saturated carbocycles. The van der Waals surface area contributed by atoms with E-state index in [-0.39, 0.29) is 0 Å². The molecule has 4 nitrogen and oxygen atoms in total. The van der Waals surface area contributed by atoms with Crippen LogP contribution in [0.15, 0.2) is 24.3 Å². The van der Waals surface area contributed by atoms with E-state index in [9.17, 15) is 13.2 Å². The zero-order valence-corrected chi connectivity index (χ0v) is 10.4. The summed E-state index contributed by atoms with van der Waals surface area (Å²) in [6.45, 7) is 1.93. The largest absolute Gasteiger partial charge is 0.481 e. The molecule has 5 heteroatoms. The summed E-state index contributed by atoms with van der Waals surface area (Å²) in [5.41, 5.74) is 1.86. The SMILES string of the molecule is Cc1ccc([C@@H]2[C@@H](C(=O)O)[C@@H]2S(C)(=O)=O)cc1. The van der Waals surface area contributed by atoms with Crippen molar-refractivity contribution in [1.29, 1.82) is 0 Å². The molecule has 0 radical (unpaired) electrons. The lowest BCUT2D eigenvalue weighted by molar-refractivity contribution is -0.138. The molecule has 1 aliphatic rings. The summed E-state index contributed by atoms with van der Waals surface area (Å²) in [6, 6.07) is 7.35. The Morgan fingerprint density at radius 2 is 1.76 bits per heavy atom. The Labute approximate surface area is 100 Å². The van der Waals surface area contributed by atoms with Gasteiger partial charge in [0.25, 0.3) is 0 Å². The molecule has 0 heterocycles. The lowest BCUT2D eigenvalue weighted by atomic mass is 10.1. The molecule has 0 saturated heterocycles. The number of hydrogen-bond donors (Lipinski definition) is 1. The summed E-state index contributed by atoms with van der Waals surface area (Å²) < 4.78 is 23.0. The third kappa shape index (κ3) is 2.20. The molecular weight excluding hydrogens is 240 g/mol. The second kappa shape index (κ2) is 3.84. The van der Waals surface area contributed by atoms with E-state index in [1.54, 1.807) is 12.1 Å². The Balaban J connectivity index is 2.34. The molecule has 92 valence electrons. The standard InChI is InChI=1S/C12H14O4S/c1-7-3-5-8(6-4-7)9-10(12(13)14)11(9)17(2,15)16/h3-6,9-11H,1-2H3,(H,13,14)/t9-,10-,11-/m1/s1. The smallest absolute Gasteiger partial charge is 0.308 e. The highest BCUT2D eigenvalue weighted by Gasteiger charge is 2.61. The first-order valence-electron chi connectivity index (χ1n) is 5.30. The summed E-state index contributed by atoms with van der Waals surface area (Å²) in [5.74, 6) is -2.23. The average molecular weight is 254 g/mol. The molecule has 1 N–H and O–H groups in total. The van der Waals surface area contributed by atoms with Crippen molar-refractivity contribution in [3.8, 4) is 0 Å². The zero-order valence-electron chi connectivity index (χ0n) is 9.62. The highest BCUT2D eigenvalue weighted by atomic mass is 32.2. The van der Waals surface area contributed by atoms with E-state index >= 15 is 0 Å². The van der Waals surface area contributed by atoms with E-state index in [0.717, 1.165) is 17.4 Å².